The lowest BCUT2D eigenvalue weighted by molar-refractivity contribution is -0.138. The quantitative estimate of drug-likeness (QED) is 0.0339. The van der Waals surface area contributed by atoms with Crippen molar-refractivity contribution in [2.24, 2.45) is 0 Å². The molecule has 0 unspecified atom stereocenters. The number of hydrogen-bond donors (Lipinski definition) is 0. The van der Waals surface area contributed by atoms with Gasteiger partial charge in [-0.1, -0.05) is 162 Å². The number of halogens is 9. The minimum absolute atomic E-state index is 0.0507. The Balaban J connectivity index is 1.79. The third-order valence-corrected chi connectivity index (χ3v) is 11.5. The summed E-state index contributed by atoms with van der Waals surface area (Å²) in [6, 6.07) is 10.2. The number of alkyl halides is 9. The van der Waals surface area contributed by atoms with Crippen LogP contribution in [0.5, 0.6) is 17.2 Å². The number of hydrogen-bond acceptors (Lipinski definition) is 4. The van der Waals surface area contributed by atoms with E-state index in [1.165, 1.54) is 96.3 Å². The summed E-state index contributed by atoms with van der Waals surface area (Å²) < 4.78 is 141. The number of rotatable bonds is 34. The van der Waals surface area contributed by atoms with E-state index >= 15 is 0 Å². The second kappa shape index (κ2) is 29.8. The summed E-state index contributed by atoms with van der Waals surface area (Å²) >= 11 is 0. The normalized spacial score (nSPS) is 12.1. The van der Waals surface area contributed by atoms with E-state index in [0.29, 0.717) is 13.1 Å². The van der Waals surface area contributed by atoms with Crippen LogP contribution in [0.15, 0.2) is 66.7 Å². The van der Waals surface area contributed by atoms with Crippen molar-refractivity contribution in [1.29, 1.82) is 0 Å². The minimum Gasteiger partial charge on any atom is -0.490 e. The standard InChI is InChI=1S/C50H71BF9NO3/c1-3-5-7-9-11-13-15-16-17-19-21-23-25-27-39-61(38-26-24-22-20-18-14-12-10-8-6-4-2)46-40-43(50(58,59)60)32-37-47(46)64-51(62-44-33-28-41(29-34-44)48(52,53)54)63-45-35-30-42(31-36-45)49(55,56)57/h28-37,40H,3-27,38-39H2,1-2H3. The number of nitrogens with zero attached hydrogens (tertiary/aromatic N) is 1. The largest absolute Gasteiger partial charge is 0.864 e. The summed E-state index contributed by atoms with van der Waals surface area (Å²) in [5, 5.41) is 0. The Morgan fingerprint density at radius 2 is 0.672 bits per heavy atom. The SMILES string of the molecule is CCCCCCCCCCCCCCCCN(CCCCCCCCCCCCC)c1cc(C(F)(F)F)ccc1OB(Oc1ccc(C(F)(F)F)cc1)Oc1ccc(C(F)(F)F)cc1. The van der Waals surface area contributed by atoms with Gasteiger partial charge in [0.05, 0.1) is 22.4 Å². The molecule has 0 saturated heterocycles. The summed E-state index contributed by atoms with van der Waals surface area (Å²) in [6.45, 7) is 5.30. The smallest absolute Gasteiger partial charge is 0.490 e. The van der Waals surface area contributed by atoms with Crippen LogP contribution in [0, 0.1) is 0 Å². The fourth-order valence-electron chi connectivity index (χ4n) is 7.70. The van der Waals surface area contributed by atoms with Gasteiger partial charge in [-0.3, -0.25) is 0 Å². The van der Waals surface area contributed by atoms with Crippen molar-refractivity contribution in [3.05, 3.63) is 83.4 Å². The molecule has 0 aromatic heterocycles. The molecule has 0 aliphatic heterocycles. The van der Waals surface area contributed by atoms with Crippen molar-refractivity contribution in [3.8, 4) is 17.2 Å². The lowest BCUT2D eigenvalue weighted by Gasteiger charge is -2.29. The average Bonchev–Trinajstić information content (AvgIpc) is 3.24. The number of benzene rings is 3. The lowest BCUT2D eigenvalue weighted by Crippen LogP contribution is -2.38. The van der Waals surface area contributed by atoms with Gasteiger partial charge in [0.1, 0.15) is 17.2 Å². The lowest BCUT2D eigenvalue weighted by atomic mass is 10.0. The molecule has 3 rings (SSSR count). The molecule has 3 aromatic rings. The van der Waals surface area contributed by atoms with Crippen molar-refractivity contribution in [1.82, 2.24) is 0 Å². The van der Waals surface area contributed by atoms with Crippen molar-refractivity contribution >= 4 is 13.0 Å². The van der Waals surface area contributed by atoms with Crippen LogP contribution in [0.25, 0.3) is 0 Å². The summed E-state index contributed by atoms with van der Waals surface area (Å²) in [4.78, 5) is 1.88. The molecule has 4 nitrogen and oxygen atoms in total. The van der Waals surface area contributed by atoms with Crippen molar-refractivity contribution in [3.63, 3.8) is 0 Å². The third-order valence-electron chi connectivity index (χ3n) is 11.5. The highest BCUT2D eigenvalue weighted by atomic mass is 19.4. The van der Waals surface area contributed by atoms with Crippen LogP contribution in [0.1, 0.15) is 191 Å². The first-order chi connectivity index (χ1) is 30.6. The molecule has 0 amide bonds. The van der Waals surface area contributed by atoms with Crippen LogP contribution in [0.2, 0.25) is 0 Å². The van der Waals surface area contributed by atoms with E-state index in [4.69, 9.17) is 14.0 Å². The molecule has 3 aromatic carbocycles. The van der Waals surface area contributed by atoms with E-state index in [-0.39, 0.29) is 22.9 Å². The second-order valence-electron chi connectivity index (χ2n) is 17.0. The van der Waals surface area contributed by atoms with Crippen LogP contribution in [0.3, 0.4) is 0 Å². The first-order valence-corrected chi connectivity index (χ1v) is 23.9. The summed E-state index contributed by atoms with van der Waals surface area (Å²) in [5.74, 6) is -0.331. The Kier molecular flexibility index (Phi) is 25.4. The van der Waals surface area contributed by atoms with Gasteiger partial charge in [0.15, 0.2) is 0 Å². The van der Waals surface area contributed by atoms with E-state index in [0.717, 1.165) is 131 Å². The fraction of sp³-hybridized carbons (Fsp3) is 0.640. The van der Waals surface area contributed by atoms with E-state index in [2.05, 4.69) is 13.8 Å². The predicted octanol–water partition coefficient (Wildman–Crippen LogP) is 17.9. The number of anilines is 1. The highest BCUT2D eigenvalue weighted by Crippen LogP contribution is 2.39. The van der Waals surface area contributed by atoms with Crippen LogP contribution < -0.4 is 18.9 Å². The van der Waals surface area contributed by atoms with Gasteiger partial charge in [-0.25, -0.2) is 0 Å². The van der Waals surface area contributed by atoms with Crippen LogP contribution in [-0.2, 0) is 18.5 Å². The zero-order valence-electron chi connectivity index (χ0n) is 38.1. The molecule has 360 valence electrons. The minimum atomic E-state index is -4.68. The van der Waals surface area contributed by atoms with Crippen LogP contribution >= 0.6 is 0 Å². The fourth-order valence-corrected chi connectivity index (χ4v) is 7.70. The van der Waals surface area contributed by atoms with Gasteiger partial charge in [-0.05, 0) is 79.6 Å². The highest BCUT2D eigenvalue weighted by Gasteiger charge is 2.37. The maximum Gasteiger partial charge on any atom is 0.864 e. The molecule has 0 saturated carbocycles. The van der Waals surface area contributed by atoms with E-state index in [1.807, 2.05) is 4.90 Å². The monoisotopic (exact) mass is 916 g/mol. The molecular weight excluding hydrogens is 844 g/mol. The molecule has 0 fully saturated rings. The zero-order chi connectivity index (χ0) is 46.7. The van der Waals surface area contributed by atoms with E-state index in [9.17, 15) is 39.5 Å². The van der Waals surface area contributed by atoms with Crippen molar-refractivity contribution in [2.75, 3.05) is 18.0 Å². The summed E-state index contributed by atoms with van der Waals surface area (Å²) in [6.07, 6.45) is 14.5. The molecule has 0 N–H and O–H groups in total. The maximum absolute atomic E-state index is 14.3. The second-order valence-corrected chi connectivity index (χ2v) is 17.0. The first kappa shape index (κ1) is 54.6. The Morgan fingerprint density at radius 3 is 0.984 bits per heavy atom. The van der Waals surface area contributed by atoms with Gasteiger partial charge in [-0.15, -0.1) is 0 Å². The molecule has 14 heteroatoms. The molecule has 0 aliphatic carbocycles. The predicted molar refractivity (Wildman–Crippen MR) is 241 cm³/mol. The molecule has 64 heavy (non-hydrogen) atoms. The van der Waals surface area contributed by atoms with Gasteiger partial charge in [0.2, 0.25) is 0 Å². The Morgan fingerprint density at radius 1 is 0.375 bits per heavy atom. The molecule has 0 bridgehead atoms. The van der Waals surface area contributed by atoms with E-state index < -0.39 is 42.5 Å². The van der Waals surface area contributed by atoms with Gasteiger partial charge in [0, 0.05) is 13.1 Å². The van der Waals surface area contributed by atoms with Crippen molar-refractivity contribution in [2.45, 2.75) is 193 Å². The Hall–Kier alpha value is -3.71. The van der Waals surface area contributed by atoms with Crippen LogP contribution in [-0.4, -0.2) is 20.4 Å². The van der Waals surface area contributed by atoms with Crippen LogP contribution in [0.4, 0.5) is 45.2 Å². The van der Waals surface area contributed by atoms with Crippen molar-refractivity contribution < 1.29 is 53.5 Å². The maximum atomic E-state index is 14.3. The summed E-state index contributed by atoms with van der Waals surface area (Å²) in [7, 11) is -1.83. The van der Waals surface area contributed by atoms with Gasteiger partial charge in [-0.2, -0.15) is 39.5 Å². The average molecular weight is 916 g/mol. The topological polar surface area (TPSA) is 30.9 Å². The molecular formula is C50H71BF9NO3. The zero-order valence-corrected chi connectivity index (χ0v) is 38.1. The Labute approximate surface area is 377 Å². The summed E-state index contributed by atoms with van der Waals surface area (Å²) in [5.41, 5.74) is -2.67. The Bertz CT molecular complexity index is 1590. The third kappa shape index (κ3) is 22.5. The molecule has 0 spiro atoms. The van der Waals surface area contributed by atoms with E-state index in [1.54, 1.807) is 0 Å². The van der Waals surface area contributed by atoms with Gasteiger partial charge >= 0.3 is 25.9 Å². The number of unbranched alkanes of at least 4 members (excludes halogenated alkanes) is 23. The molecule has 0 atom stereocenters. The molecule has 0 radical (unpaired) electrons. The van der Waals surface area contributed by atoms with Gasteiger partial charge in [0.25, 0.3) is 0 Å². The molecule has 0 heterocycles. The first-order valence-electron chi connectivity index (χ1n) is 23.9. The van der Waals surface area contributed by atoms with Gasteiger partial charge < -0.3 is 18.9 Å². The highest BCUT2D eigenvalue weighted by molar-refractivity contribution is 6.39. The molecule has 0 aliphatic rings.